The molecule has 1 aromatic heterocycles. The molecular formula is C21H33IN4O2S. The van der Waals surface area contributed by atoms with Gasteiger partial charge in [0.05, 0.1) is 24.9 Å². The van der Waals surface area contributed by atoms with Gasteiger partial charge in [-0.3, -0.25) is 4.99 Å². The molecule has 0 saturated heterocycles. The van der Waals surface area contributed by atoms with E-state index in [0.29, 0.717) is 0 Å². The molecule has 0 aliphatic carbocycles. The molecule has 0 fully saturated rings. The Morgan fingerprint density at radius 1 is 1.17 bits per heavy atom. The summed E-state index contributed by atoms with van der Waals surface area (Å²) in [5.74, 6) is 2.40. The highest BCUT2D eigenvalue weighted by molar-refractivity contribution is 14.0. The number of guanidine groups is 1. The van der Waals surface area contributed by atoms with E-state index in [0.717, 1.165) is 59.8 Å². The minimum atomic E-state index is 0. The van der Waals surface area contributed by atoms with Gasteiger partial charge in [-0.2, -0.15) is 0 Å². The van der Waals surface area contributed by atoms with Gasteiger partial charge in [0, 0.05) is 38.0 Å². The third-order valence-electron chi connectivity index (χ3n) is 4.55. The summed E-state index contributed by atoms with van der Waals surface area (Å²) in [6.07, 6.45) is 0.912. The molecular weight excluding hydrogens is 499 g/mol. The van der Waals surface area contributed by atoms with Gasteiger partial charge in [0.1, 0.15) is 0 Å². The van der Waals surface area contributed by atoms with Crippen LogP contribution in [0, 0.1) is 20.8 Å². The number of benzene rings is 1. The summed E-state index contributed by atoms with van der Waals surface area (Å²) < 4.78 is 10.8. The van der Waals surface area contributed by atoms with Crippen molar-refractivity contribution in [1.29, 1.82) is 0 Å². The number of ether oxygens (including phenoxy) is 2. The van der Waals surface area contributed by atoms with Crippen LogP contribution in [0.1, 0.15) is 33.6 Å². The molecule has 6 nitrogen and oxygen atoms in total. The highest BCUT2D eigenvalue weighted by Crippen LogP contribution is 2.30. The van der Waals surface area contributed by atoms with Gasteiger partial charge in [-0.25, -0.2) is 4.98 Å². The van der Waals surface area contributed by atoms with Crippen molar-refractivity contribution in [2.45, 2.75) is 40.7 Å². The van der Waals surface area contributed by atoms with Gasteiger partial charge in [-0.1, -0.05) is 0 Å². The number of rotatable bonds is 8. The van der Waals surface area contributed by atoms with Crippen LogP contribution in [0.3, 0.4) is 0 Å². The predicted octanol–water partition coefficient (Wildman–Crippen LogP) is 4.34. The summed E-state index contributed by atoms with van der Waals surface area (Å²) in [6, 6.07) is 4.05. The fourth-order valence-corrected chi connectivity index (χ4v) is 3.99. The summed E-state index contributed by atoms with van der Waals surface area (Å²) in [5.41, 5.74) is 3.47. The van der Waals surface area contributed by atoms with Gasteiger partial charge in [0.2, 0.25) is 0 Å². The molecule has 29 heavy (non-hydrogen) atoms. The molecule has 162 valence electrons. The standard InChI is InChI=1S/C21H32N4O2S.HI/c1-8-22-21(23-10-9-20-15(3)24-16(4)28-20)25(5)13-17-12-19(27-7)18(26-6)11-14(17)2;/h11-12H,8-10,13H2,1-7H3,(H,22,23);1H. The molecule has 0 spiro atoms. The quantitative estimate of drug-likeness (QED) is 0.312. The van der Waals surface area contributed by atoms with Gasteiger partial charge in [0.25, 0.3) is 0 Å². The lowest BCUT2D eigenvalue weighted by atomic mass is 10.1. The second-order valence-corrected chi connectivity index (χ2v) is 8.00. The van der Waals surface area contributed by atoms with Crippen molar-refractivity contribution >= 4 is 41.3 Å². The maximum atomic E-state index is 5.45. The van der Waals surface area contributed by atoms with Crippen molar-refractivity contribution in [2.75, 3.05) is 34.4 Å². The van der Waals surface area contributed by atoms with Crippen LogP contribution in [0.5, 0.6) is 11.5 Å². The molecule has 0 atom stereocenters. The highest BCUT2D eigenvalue weighted by Gasteiger charge is 2.13. The number of methoxy groups -OCH3 is 2. The van der Waals surface area contributed by atoms with E-state index in [2.05, 4.69) is 43.0 Å². The second-order valence-electron chi connectivity index (χ2n) is 6.72. The lowest BCUT2D eigenvalue weighted by Gasteiger charge is -2.23. The number of hydrogen-bond donors (Lipinski definition) is 1. The lowest BCUT2D eigenvalue weighted by Crippen LogP contribution is -2.38. The summed E-state index contributed by atoms with van der Waals surface area (Å²) >= 11 is 1.76. The Morgan fingerprint density at radius 2 is 1.83 bits per heavy atom. The van der Waals surface area contributed by atoms with Crippen molar-refractivity contribution in [3.8, 4) is 11.5 Å². The number of nitrogens with zero attached hydrogens (tertiary/aromatic N) is 3. The van der Waals surface area contributed by atoms with E-state index in [1.54, 1.807) is 25.6 Å². The summed E-state index contributed by atoms with van der Waals surface area (Å²) in [5, 5.41) is 4.50. The molecule has 0 unspecified atom stereocenters. The molecule has 1 heterocycles. The van der Waals surface area contributed by atoms with Crippen LogP contribution in [0.25, 0.3) is 0 Å². The van der Waals surface area contributed by atoms with E-state index < -0.39 is 0 Å². The smallest absolute Gasteiger partial charge is 0.193 e. The van der Waals surface area contributed by atoms with E-state index in [1.807, 2.05) is 19.1 Å². The first kappa shape index (κ1) is 25.5. The molecule has 2 aromatic rings. The van der Waals surface area contributed by atoms with Gasteiger partial charge >= 0.3 is 0 Å². The molecule has 1 N–H and O–H groups in total. The zero-order chi connectivity index (χ0) is 20.7. The Bertz CT molecular complexity index is 823. The van der Waals surface area contributed by atoms with Crippen molar-refractivity contribution < 1.29 is 9.47 Å². The Kier molecular flexibility index (Phi) is 10.7. The zero-order valence-corrected chi connectivity index (χ0v) is 21.6. The van der Waals surface area contributed by atoms with Crippen LogP contribution in [0.2, 0.25) is 0 Å². The van der Waals surface area contributed by atoms with Gasteiger partial charge in [-0.15, -0.1) is 35.3 Å². The molecule has 2 rings (SSSR count). The predicted molar refractivity (Wildman–Crippen MR) is 132 cm³/mol. The molecule has 0 saturated carbocycles. The van der Waals surface area contributed by atoms with Crippen LogP contribution >= 0.6 is 35.3 Å². The fraction of sp³-hybridized carbons (Fsp3) is 0.524. The molecule has 0 aliphatic rings. The number of aromatic nitrogens is 1. The Labute approximate surface area is 195 Å². The van der Waals surface area contributed by atoms with Gasteiger partial charge < -0.3 is 19.7 Å². The Balaban J connectivity index is 0.00000420. The topological polar surface area (TPSA) is 59.0 Å². The van der Waals surface area contributed by atoms with Gasteiger partial charge in [0.15, 0.2) is 17.5 Å². The third kappa shape index (κ3) is 7.02. The Morgan fingerprint density at radius 3 is 2.38 bits per heavy atom. The number of thiazole rings is 1. The zero-order valence-electron chi connectivity index (χ0n) is 18.5. The van der Waals surface area contributed by atoms with Crippen molar-refractivity contribution in [1.82, 2.24) is 15.2 Å². The van der Waals surface area contributed by atoms with E-state index in [1.165, 1.54) is 10.4 Å². The monoisotopic (exact) mass is 532 g/mol. The molecule has 0 radical (unpaired) electrons. The summed E-state index contributed by atoms with van der Waals surface area (Å²) in [6.45, 7) is 10.6. The summed E-state index contributed by atoms with van der Waals surface area (Å²) in [4.78, 5) is 12.8. The van der Waals surface area contributed by atoms with E-state index in [9.17, 15) is 0 Å². The molecule has 1 aromatic carbocycles. The molecule has 0 amide bonds. The fourth-order valence-electron chi connectivity index (χ4n) is 3.06. The number of nitrogens with one attached hydrogen (secondary N) is 1. The minimum absolute atomic E-state index is 0. The number of aryl methyl sites for hydroxylation is 3. The van der Waals surface area contributed by atoms with E-state index >= 15 is 0 Å². The highest BCUT2D eigenvalue weighted by atomic mass is 127. The first-order valence-corrected chi connectivity index (χ1v) is 10.3. The largest absolute Gasteiger partial charge is 0.493 e. The average Bonchev–Trinajstić information content (AvgIpc) is 2.99. The first-order valence-electron chi connectivity index (χ1n) is 9.53. The average molecular weight is 532 g/mol. The maximum Gasteiger partial charge on any atom is 0.193 e. The number of halogens is 1. The SMILES string of the molecule is CCNC(=NCCc1sc(C)nc1C)N(C)Cc1cc(OC)c(OC)cc1C.I. The molecule has 8 heteroatoms. The van der Waals surface area contributed by atoms with Crippen molar-refractivity contribution in [2.24, 2.45) is 4.99 Å². The van der Waals surface area contributed by atoms with Crippen LogP contribution < -0.4 is 14.8 Å². The van der Waals surface area contributed by atoms with Crippen LogP contribution in [0.15, 0.2) is 17.1 Å². The summed E-state index contributed by atoms with van der Waals surface area (Å²) in [7, 11) is 5.38. The lowest BCUT2D eigenvalue weighted by molar-refractivity contribution is 0.353. The van der Waals surface area contributed by atoms with Crippen molar-refractivity contribution in [3.63, 3.8) is 0 Å². The molecule has 0 bridgehead atoms. The maximum absolute atomic E-state index is 5.45. The second kappa shape index (κ2) is 12.2. The first-order chi connectivity index (χ1) is 13.4. The van der Waals surface area contributed by atoms with Crippen LogP contribution in [-0.2, 0) is 13.0 Å². The van der Waals surface area contributed by atoms with E-state index in [4.69, 9.17) is 14.5 Å². The minimum Gasteiger partial charge on any atom is -0.493 e. The Hall–Kier alpha value is -1.55. The normalized spacial score (nSPS) is 11.1. The van der Waals surface area contributed by atoms with Crippen LogP contribution in [-0.4, -0.2) is 50.2 Å². The van der Waals surface area contributed by atoms with Gasteiger partial charge in [-0.05, 0) is 51.0 Å². The number of aliphatic imine (C=N–C) groups is 1. The van der Waals surface area contributed by atoms with Crippen molar-refractivity contribution in [3.05, 3.63) is 38.8 Å². The molecule has 0 aliphatic heterocycles. The third-order valence-corrected chi connectivity index (χ3v) is 5.68. The van der Waals surface area contributed by atoms with Crippen LogP contribution in [0.4, 0.5) is 0 Å². The number of hydrogen-bond acceptors (Lipinski definition) is 5. The van der Waals surface area contributed by atoms with E-state index in [-0.39, 0.29) is 24.0 Å².